The summed E-state index contributed by atoms with van der Waals surface area (Å²) >= 11 is 0. The number of para-hydroxylation sites is 4. The summed E-state index contributed by atoms with van der Waals surface area (Å²) in [6.45, 7) is 0. The summed E-state index contributed by atoms with van der Waals surface area (Å²) < 4.78 is 4.59. The summed E-state index contributed by atoms with van der Waals surface area (Å²) in [5.74, 6) is 2.67. The molecule has 0 saturated heterocycles. The monoisotopic (exact) mass is 653 g/mol. The Morgan fingerprint density at radius 1 is 0.451 bits per heavy atom. The van der Waals surface area contributed by atoms with Gasteiger partial charge in [-0.05, 0) is 48.0 Å². The molecule has 5 nitrogen and oxygen atoms in total. The lowest BCUT2D eigenvalue weighted by molar-refractivity contribution is 0.745. The molecular weight excluding hydrogens is 623 g/mol. The van der Waals surface area contributed by atoms with Crippen molar-refractivity contribution in [3.8, 4) is 23.0 Å². The zero-order valence-corrected chi connectivity index (χ0v) is 27.6. The Labute approximate surface area is 294 Å². The molecule has 0 amide bonds. The highest BCUT2D eigenvalue weighted by atomic mass is 15.2. The van der Waals surface area contributed by atoms with Crippen LogP contribution in [0.25, 0.3) is 66.6 Å². The van der Waals surface area contributed by atoms with Crippen molar-refractivity contribution >= 4 is 55.0 Å². The smallest absolute Gasteiger partial charge is 0.163 e. The number of aromatic nitrogens is 4. The summed E-state index contributed by atoms with van der Waals surface area (Å²) in [6.07, 6.45) is 9.03. The van der Waals surface area contributed by atoms with E-state index in [0.29, 0.717) is 11.7 Å². The highest BCUT2D eigenvalue weighted by Crippen LogP contribution is 2.48. The van der Waals surface area contributed by atoms with Crippen molar-refractivity contribution in [2.24, 2.45) is 0 Å². The first kappa shape index (κ1) is 28.2. The maximum atomic E-state index is 5.31. The van der Waals surface area contributed by atoms with Crippen LogP contribution < -0.4 is 4.90 Å². The third-order valence-corrected chi connectivity index (χ3v) is 10.7. The maximum Gasteiger partial charge on any atom is 0.163 e. The van der Waals surface area contributed by atoms with Crippen LogP contribution in [-0.2, 0) is 0 Å². The van der Waals surface area contributed by atoms with Crippen LogP contribution in [0.4, 0.5) is 11.4 Å². The van der Waals surface area contributed by atoms with Gasteiger partial charge in [-0.3, -0.25) is 9.13 Å². The van der Waals surface area contributed by atoms with E-state index in [1.54, 1.807) is 0 Å². The third-order valence-electron chi connectivity index (χ3n) is 10.7. The number of benzene rings is 6. The van der Waals surface area contributed by atoms with Crippen molar-refractivity contribution in [1.82, 2.24) is 19.1 Å². The van der Waals surface area contributed by atoms with Gasteiger partial charge in [-0.2, -0.15) is 0 Å². The van der Waals surface area contributed by atoms with E-state index in [1.807, 2.05) is 18.2 Å². The van der Waals surface area contributed by atoms with Gasteiger partial charge in [0, 0.05) is 50.5 Å². The molecule has 240 valence electrons. The average molecular weight is 654 g/mol. The van der Waals surface area contributed by atoms with Crippen molar-refractivity contribution < 1.29 is 0 Å². The van der Waals surface area contributed by atoms with E-state index in [9.17, 15) is 0 Å². The second kappa shape index (κ2) is 10.9. The quantitative estimate of drug-likeness (QED) is 0.190. The summed E-state index contributed by atoms with van der Waals surface area (Å²) in [7, 11) is 0. The van der Waals surface area contributed by atoms with E-state index < -0.39 is 0 Å². The largest absolute Gasteiger partial charge is 0.333 e. The first-order chi connectivity index (χ1) is 25.3. The Morgan fingerprint density at radius 3 is 1.69 bits per heavy atom. The van der Waals surface area contributed by atoms with Gasteiger partial charge >= 0.3 is 0 Å². The van der Waals surface area contributed by atoms with Crippen LogP contribution in [0.2, 0.25) is 0 Å². The molecule has 11 rings (SSSR count). The van der Waals surface area contributed by atoms with Crippen molar-refractivity contribution in [3.05, 3.63) is 182 Å². The number of hydrogen-bond acceptors (Lipinski definition) is 3. The Balaban J connectivity index is 1.17. The minimum Gasteiger partial charge on any atom is -0.333 e. The predicted octanol–water partition coefficient (Wildman–Crippen LogP) is 11.1. The van der Waals surface area contributed by atoms with Crippen LogP contribution in [0.5, 0.6) is 0 Å². The lowest BCUT2D eigenvalue weighted by Gasteiger charge is -2.28. The van der Waals surface area contributed by atoms with Crippen LogP contribution in [-0.4, -0.2) is 25.1 Å². The standard InChI is InChI=1S/C46H31N5/c1-2-14-30(15-3-1)46-47-44(50-40-23-11-6-18-34(40)35-19-7-12-24-41(35)50)29-45(48-46)51-42-25-13-8-20-36(42)37-28-31(26-27-43(37)51)49-38-21-9-4-16-32(38)33-17-5-10-22-39(33)49/h1-29,32,38H. The molecule has 4 heterocycles. The zero-order valence-electron chi connectivity index (χ0n) is 27.6. The first-order valence-corrected chi connectivity index (χ1v) is 17.5. The molecule has 0 N–H and O–H groups in total. The van der Waals surface area contributed by atoms with Crippen LogP contribution in [0.1, 0.15) is 11.5 Å². The van der Waals surface area contributed by atoms with Crippen molar-refractivity contribution in [1.29, 1.82) is 0 Å². The van der Waals surface area contributed by atoms with Gasteiger partial charge in [-0.1, -0.05) is 127 Å². The van der Waals surface area contributed by atoms with Gasteiger partial charge in [0.05, 0.1) is 28.1 Å². The van der Waals surface area contributed by atoms with E-state index in [1.165, 1.54) is 38.5 Å². The van der Waals surface area contributed by atoms with E-state index in [-0.39, 0.29) is 6.04 Å². The maximum absolute atomic E-state index is 5.31. The number of fused-ring (bicyclic) bond motifs is 9. The topological polar surface area (TPSA) is 38.9 Å². The lowest BCUT2D eigenvalue weighted by atomic mass is 9.91. The van der Waals surface area contributed by atoms with Gasteiger partial charge in [-0.25, -0.2) is 9.97 Å². The van der Waals surface area contributed by atoms with Gasteiger partial charge in [0.2, 0.25) is 0 Å². The number of anilines is 2. The molecule has 3 aromatic heterocycles. The minimum atomic E-state index is 0.238. The van der Waals surface area contributed by atoms with Crippen LogP contribution in [0.3, 0.4) is 0 Å². The molecule has 5 heteroatoms. The minimum absolute atomic E-state index is 0.238. The highest BCUT2D eigenvalue weighted by molar-refractivity contribution is 6.11. The molecular formula is C46H31N5. The predicted molar refractivity (Wildman–Crippen MR) is 210 cm³/mol. The lowest BCUT2D eigenvalue weighted by Crippen LogP contribution is -2.28. The first-order valence-electron chi connectivity index (χ1n) is 17.5. The molecule has 6 aromatic carbocycles. The fourth-order valence-electron chi connectivity index (χ4n) is 8.48. The summed E-state index contributed by atoms with van der Waals surface area (Å²) in [4.78, 5) is 13.1. The fraction of sp³-hybridized carbons (Fsp3) is 0.0435. The van der Waals surface area contributed by atoms with E-state index in [2.05, 4.69) is 172 Å². The molecule has 2 unspecified atom stereocenters. The van der Waals surface area contributed by atoms with Crippen molar-refractivity contribution in [3.63, 3.8) is 0 Å². The molecule has 9 aromatic rings. The Kier molecular flexibility index (Phi) is 6.01. The van der Waals surface area contributed by atoms with Crippen LogP contribution >= 0.6 is 0 Å². The number of hydrogen-bond donors (Lipinski definition) is 0. The molecule has 1 aliphatic heterocycles. The fourth-order valence-corrected chi connectivity index (χ4v) is 8.48. The highest BCUT2D eigenvalue weighted by Gasteiger charge is 2.37. The van der Waals surface area contributed by atoms with Crippen molar-refractivity contribution in [2.45, 2.75) is 12.0 Å². The molecule has 51 heavy (non-hydrogen) atoms. The number of nitrogens with zero attached hydrogens (tertiary/aromatic N) is 5. The normalized spacial score (nSPS) is 16.4. The average Bonchev–Trinajstić information content (AvgIpc) is 3.84. The molecule has 2 atom stereocenters. The SMILES string of the molecule is C1=CC2c3ccccc3N(c3ccc4c(c3)c3ccccc3n4-c3cc(-n4c5ccccc5c5ccccc54)nc(-c4ccccc4)n3)C2C=C1. The molecule has 1 aliphatic carbocycles. The molecule has 0 radical (unpaired) electrons. The molecule has 0 saturated carbocycles. The molecule has 0 spiro atoms. The van der Waals surface area contributed by atoms with Gasteiger partial charge in [0.15, 0.2) is 5.82 Å². The molecule has 0 fully saturated rings. The van der Waals surface area contributed by atoms with E-state index in [4.69, 9.17) is 9.97 Å². The number of rotatable bonds is 4. The Bertz CT molecular complexity index is 2840. The second-order valence-corrected chi connectivity index (χ2v) is 13.4. The van der Waals surface area contributed by atoms with Crippen LogP contribution in [0, 0.1) is 0 Å². The van der Waals surface area contributed by atoms with Crippen molar-refractivity contribution in [2.75, 3.05) is 4.90 Å². The summed E-state index contributed by atoms with van der Waals surface area (Å²) in [6, 6.07) is 54.3. The zero-order chi connectivity index (χ0) is 33.5. The van der Waals surface area contributed by atoms with Gasteiger partial charge < -0.3 is 4.90 Å². The van der Waals surface area contributed by atoms with Crippen LogP contribution in [0.15, 0.2) is 176 Å². The molecule has 2 aliphatic rings. The summed E-state index contributed by atoms with van der Waals surface area (Å²) in [5.41, 5.74) is 9.24. The third kappa shape index (κ3) is 4.15. The van der Waals surface area contributed by atoms with Gasteiger partial charge in [0.25, 0.3) is 0 Å². The Morgan fingerprint density at radius 2 is 1.00 bits per heavy atom. The van der Waals surface area contributed by atoms with Gasteiger partial charge in [-0.15, -0.1) is 0 Å². The van der Waals surface area contributed by atoms with E-state index >= 15 is 0 Å². The Hall–Kier alpha value is -6.72. The summed E-state index contributed by atoms with van der Waals surface area (Å²) in [5, 5.41) is 4.79. The van der Waals surface area contributed by atoms with Gasteiger partial charge in [0.1, 0.15) is 11.6 Å². The number of allylic oxidation sites excluding steroid dienone is 2. The second-order valence-electron chi connectivity index (χ2n) is 13.4. The molecule has 0 bridgehead atoms. The van der Waals surface area contributed by atoms with E-state index in [0.717, 1.165) is 39.3 Å².